The largest absolute Gasteiger partial charge is 0.328 e. The maximum absolute atomic E-state index is 12.9. The summed E-state index contributed by atoms with van der Waals surface area (Å²) in [5, 5.41) is 0. The van der Waals surface area contributed by atoms with Crippen molar-refractivity contribution in [3.8, 4) is 0 Å². The highest BCUT2D eigenvalue weighted by atomic mass is 79.9. The summed E-state index contributed by atoms with van der Waals surface area (Å²) in [5.74, 6) is -0.334. The van der Waals surface area contributed by atoms with E-state index in [0.29, 0.717) is 4.47 Å². The highest BCUT2D eigenvalue weighted by Gasteiger charge is 2.08. The van der Waals surface area contributed by atoms with E-state index in [2.05, 4.69) is 15.9 Å². The van der Waals surface area contributed by atoms with Crippen molar-refractivity contribution in [1.82, 2.24) is 0 Å². The molecule has 0 aromatic heterocycles. The predicted octanol–water partition coefficient (Wildman–Crippen LogP) is 2.43. The second kappa shape index (κ2) is 4.67. The molecule has 4 heteroatoms. The van der Waals surface area contributed by atoms with Gasteiger partial charge < -0.3 is 5.73 Å². The summed E-state index contributed by atoms with van der Waals surface area (Å²) in [6.45, 7) is -0.0101. The van der Waals surface area contributed by atoms with Crippen molar-refractivity contribution in [1.29, 1.82) is 0 Å². The Bertz CT molecular complexity index is 291. The van der Waals surface area contributed by atoms with Gasteiger partial charge in [-0.1, -0.05) is 22.0 Å². The molecular weight excluding hydrogens is 240 g/mol. The van der Waals surface area contributed by atoms with Crippen LogP contribution in [-0.2, 0) is 6.42 Å². The fourth-order valence-electron chi connectivity index (χ4n) is 1.01. The average Bonchev–Trinajstić information content (AvgIpc) is 2.09. The molecule has 13 heavy (non-hydrogen) atoms. The first-order valence-corrected chi connectivity index (χ1v) is 4.71. The van der Waals surface area contributed by atoms with Gasteiger partial charge in [-0.05, 0) is 17.7 Å². The van der Waals surface area contributed by atoms with E-state index in [1.807, 2.05) is 0 Å². The van der Waals surface area contributed by atoms with E-state index in [1.165, 1.54) is 12.1 Å². The molecule has 1 unspecified atom stereocenters. The molecule has 1 aromatic rings. The predicted molar refractivity (Wildman–Crippen MR) is 51.8 cm³/mol. The molecule has 72 valence electrons. The van der Waals surface area contributed by atoms with Crippen LogP contribution in [0.4, 0.5) is 8.78 Å². The Morgan fingerprint density at radius 1 is 1.46 bits per heavy atom. The third kappa shape index (κ3) is 3.04. The zero-order valence-corrected chi connectivity index (χ0v) is 8.52. The summed E-state index contributed by atoms with van der Waals surface area (Å²) in [4.78, 5) is 0. The topological polar surface area (TPSA) is 26.0 Å². The van der Waals surface area contributed by atoms with Gasteiger partial charge in [0.25, 0.3) is 0 Å². The summed E-state index contributed by atoms with van der Waals surface area (Å²) in [6, 6.07) is 4.18. The monoisotopic (exact) mass is 249 g/mol. The highest BCUT2D eigenvalue weighted by Crippen LogP contribution is 2.19. The van der Waals surface area contributed by atoms with Crippen LogP contribution in [0.15, 0.2) is 22.7 Å². The number of rotatable bonds is 3. The van der Waals surface area contributed by atoms with Crippen molar-refractivity contribution in [3.05, 3.63) is 34.1 Å². The lowest BCUT2D eigenvalue weighted by atomic mass is 10.1. The lowest BCUT2D eigenvalue weighted by Crippen LogP contribution is -2.17. The van der Waals surface area contributed by atoms with E-state index in [0.717, 1.165) is 5.56 Å². The van der Waals surface area contributed by atoms with E-state index in [-0.39, 0.29) is 18.8 Å². The summed E-state index contributed by atoms with van der Waals surface area (Å²) >= 11 is 3.16. The van der Waals surface area contributed by atoms with Gasteiger partial charge in [0.2, 0.25) is 0 Å². The van der Waals surface area contributed by atoms with Crippen molar-refractivity contribution >= 4 is 15.9 Å². The van der Waals surface area contributed by atoms with Crippen LogP contribution < -0.4 is 5.73 Å². The lowest BCUT2D eigenvalue weighted by molar-refractivity contribution is 0.340. The number of hydrogen-bond donors (Lipinski definition) is 1. The van der Waals surface area contributed by atoms with Gasteiger partial charge in [0.1, 0.15) is 12.0 Å². The highest BCUT2D eigenvalue weighted by molar-refractivity contribution is 9.10. The Hall–Kier alpha value is -0.480. The zero-order chi connectivity index (χ0) is 9.84. The minimum Gasteiger partial charge on any atom is -0.328 e. The van der Waals surface area contributed by atoms with Gasteiger partial charge in [0.05, 0.1) is 0 Å². The molecule has 1 atom stereocenters. The molecule has 0 saturated heterocycles. The van der Waals surface area contributed by atoms with E-state index in [9.17, 15) is 8.78 Å². The van der Waals surface area contributed by atoms with Crippen molar-refractivity contribution in [2.24, 2.45) is 5.73 Å². The minimum absolute atomic E-state index is 0.0101. The molecule has 1 rings (SSSR count). The van der Waals surface area contributed by atoms with Crippen LogP contribution in [0.2, 0.25) is 0 Å². The minimum atomic E-state index is -1.07. The molecule has 0 saturated carbocycles. The van der Waals surface area contributed by atoms with Gasteiger partial charge >= 0.3 is 0 Å². The maximum Gasteiger partial charge on any atom is 0.124 e. The van der Waals surface area contributed by atoms with Crippen LogP contribution in [0.1, 0.15) is 5.56 Å². The standard InChI is InChI=1S/C9H10BrF2N/c10-9-4-7(11)2-1-6(9)3-8(12)5-13/h1-2,4,8H,3,5,13H2. The van der Waals surface area contributed by atoms with E-state index >= 15 is 0 Å². The van der Waals surface area contributed by atoms with Crippen molar-refractivity contribution in [2.45, 2.75) is 12.6 Å². The van der Waals surface area contributed by atoms with Crippen LogP contribution >= 0.6 is 15.9 Å². The van der Waals surface area contributed by atoms with Gasteiger partial charge in [-0.15, -0.1) is 0 Å². The third-order valence-electron chi connectivity index (χ3n) is 1.71. The van der Waals surface area contributed by atoms with Crippen LogP contribution in [-0.4, -0.2) is 12.7 Å². The van der Waals surface area contributed by atoms with Crippen LogP contribution in [0.3, 0.4) is 0 Å². The van der Waals surface area contributed by atoms with Crippen LogP contribution in [0.5, 0.6) is 0 Å². The van der Waals surface area contributed by atoms with Crippen molar-refractivity contribution < 1.29 is 8.78 Å². The fraction of sp³-hybridized carbons (Fsp3) is 0.333. The van der Waals surface area contributed by atoms with E-state index in [1.54, 1.807) is 6.07 Å². The first-order chi connectivity index (χ1) is 6.13. The Morgan fingerprint density at radius 3 is 2.69 bits per heavy atom. The number of nitrogens with two attached hydrogens (primary N) is 1. The number of benzene rings is 1. The second-order valence-corrected chi connectivity index (χ2v) is 3.63. The third-order valence-corrected chi connectivity index (χ3v) is 2.45. The van der Waals surface area contributed by atoms with Gasteiger partial charge in [0, 0.05) is 17.4 Å². The van der Waals surface area contributed by atoms with Gasteiger partial charge in [-0.2, -0.15) is 0 Å². The molecule has 0 amide bonds. The Morgan fingerprint density at radius 2 is 2.15 bits per heavy atom. The molecule has 1 nitrogen and oxygen atoms in total. The van der Waals surface area contributed by atoms with Gasteiger partial charge in [-0.3, -0.25) is 0 Å². The first kappa shape index (κ1) is 10.6. The van der Waals surface area contributed by atoms with Crippen molar-refractivity contribution in [2.75, 3.05) is 6.54 Å². The molecule has 0 aliphatic rings. The SMILES string of the molecule is NCC(F)Cc1ccc(F)cc1Br. The summed E-state index contributed by atoms with van der Waals surface area (Å²) < 4.78 is 26.1. The van der Waals surface area contributed by atoms with E-state index in [4.69, 9.17) is 5.73 Å². The quantitative estimate of drug-likeness (QED) is 0.875. The summed E-state index contributed by atoms with van der Waals surface area (Å²) in [6.07, 6.45) is -0.848. The number of halogens is 3. The second-order valence-electron chi connectivity index (χ2n) is 2.77. The van der Waals surface area contributed by atoms with Crippen LogP contribution in [0, 0.1) is 5.82 Å². The smallest absolute Gasteiger partial charge is 0.124 e. The molecule has 0 aliphatic heterocycles. The molecule has 0 heterocycles. The number of alkyl halides is 1. The fourth-order valence-corrected chi connectivity index (χ4v) is 1.52. The summed E-state index contributed by atoms with van der Waals surface area (Å²) in [5.41, 5.74) is 5.87. The average molecular weight is 250 g/mol. The number of hydrogen-bond acceptors (Lipinski definition) is 1. The first-order valence-electron chi connectivity index (χ1n) is 3.91. The van der Waals surface area contributed by atoms with Crippen molar-refractivity contribution in [3.63, 3.8) is 0 Å². The Kier molecular flexibility index (Phi) is 3.81. The molecular formula is C9H10BrF2N. The molecule has 0 spiro atoms. The summed E-state index contributed by atoms with van der Waals surface area (Å²) in [7, 11) is 0. The molecule has 2 N–H and O–H groups in total. The lowest BCUT2D eigenvalue weighted by Gasteiger charge is -2.07. The maximum atomic E-state index is 12.9. The van der Waals surface area contributed by atoms with E-state index < -0.39 is 6.17 Å². The molecule has 1 aromatic carbocycles. The van der Waals surface area contributed by atoms with Crippen LogP contribution in [0.25, 0.3) is 0 Å². The normalized spacial score (nSPS) is 12.9. The Balaban J connectivity index is 2.77. The molecule has 0 bridgehead atoms. The van der Waals surface area contributed by atoms with Gasteiger partial charge in [-0.25, -0.2) is 8.78 Å². The van der Waals surface area contributed by atoms with Gasteiger partial charge in [0.15, 0.2) is 0 Å². The zero-order valence-electron chi connectivity index (χ0n) is 6.93. The molecule has 0 radical (unpaired) electrons. The molecule has 0 aliphatic carbocycles. The molecule has 0 fully saturated rings. The Labute approximate surface area is 84.1 Å².